The number of aromatic nitrogens is 2. The predicted octanol–water partition coefficient (Wildman–Crippen LogP) is 8.33. The summed E-state index contributed by atoms with van der Waals surface area (Å²) in [6.07, 6.45) is -14.9. The molecule has 50 heavy (non-hydrogen) atoms. The maximum absolute atomic E-state index is 13.8. The van der Waals surface area contributed by atoms with E-state index in [4.69, 9.17) is 9.84 Å². The van der Waals surface area contributed by atoms with E-state index >= 15 is 0 Å². The van der Waals surface area contributed by atoms with Crippen LogP contribution < -0.4 is 15.1 Å². The van der Waals surface area contributed by atoms with Crippen LogP contribution in [-0.2, 0) is 34.5 Å². The molecular weight excluding hydrogens is 689 g/mol. The van der Waals surface area contributed by atoms with E-state index in [0.717, 1.165) is 18.2 Å². The van der Waals surface area contributed by atoms with E-state index in [9.17, 15) is 49.1 Å². The molecule has 0 unspecified atom stereocenters. The number of hydrogen-bond acceptors (Lipinski definition) is 7. The topological polar surface area (TPSA) is 108 Å². The molecule has 0 radical (unpaired) electrons. The lowest BCUT2D eigenvalue weighted by molar-refractivity contribution is -0.143. The molecule has 9 nitrogen and oxygen atoms in total. The predicted molar refractivity (Wildman–Crippen MR) is 163 cm³/mol. The number of aliphatic carboxylic acids is 1. The molecule has 2 atom stereocenters. The first kappa shape index (κ1) is 38.0. The highest BCUT2D eigenvalue weighted by molar-refractivity contribution is 5.90. The average molecular weight is 722 g/mol. The highest BCUT2D eigenvalue weighted by atomic mass is 19.4. The normalized spacial score (nSPS) is 16.5. The Morgan fingerprint density at radius 2 is 1.58 bits per heavy atom. The summed E-state index contributed by atoms with van der Waals surface area (Å²) < 4.78 is 128. The van der Waals surface area contributed by atoms with E-state index in [1.165, 1.54) is 16.0 Å². The second-order valence-corrected chi connectivity index (χ2v) is 11.8. The lowest BCUT2D eigenvalue weighted by atomic mass is 9.89. The SMILES string of the molecule is CC[C@@H]1C[C@H](Nc2ncc(N(C)C)c(Cc3cc(C(F)(F)F)cc(C(F)(F)F)c3)n2)c2cc(C(F)(F)F)ccc2N1C(=O)OCCCC(=O)O. The standard InChI is InChI=1S/C32H32F9N5O4/c1-4-21-15-23(22-14-18(30(33,34)35)7-8-25(22)46(21)29(49)50-9-5-6-27(47)48)43-28-42-16-26(45(2)3)24(44-28)12-17-10-19(31(36,37)38)13-20(11-17)32(39,40)41/h7-8,10-11,13-14,16,21,23H,4-6,9,12,15H2,1-3H3,(H,47,48)(H,42,43,44)/t21-,23+/m1/s1. The van der Waals surface area contributed by atoms with Crippen molar-refractivity contribution in [3.05, 3.63) is 76.1 Å². The zero-order chi connectivity index (χ0) is 37.2. The van der Waals surface area contributed by atoms with Crippen molar-refractivity contribution in [2.24, 2.45) is 0 Å². The molecule has 1 aromatic heterocycles. The highest BCUT2D eigenvalue weighted by Gasteiger charge is 2.40. The Labute approximate surface area is 280 Å². The summed E-state index contributed by atoms with van der Waals surface area (Å²) in [4.78, 5) is 35.3. The molecule has 4 rings (SSSR count). The number of fused-ring (bicyclic) bond motifs is 1. The summed E-state index contributed by atoms with van der Waals surface area (Å²) in [5.41, 5.74) is -4.01. The Hall–Kier alpha value is -4.77. The summed E-state index contributed by atoms with van der Waals surface area (Å²) in [5, 5.41) is 11.8. The number of nitrogens with zero attached hydrogens (tertiary/aromatic N) is 4. The lowest BCUT2D eigenvalue weighted by Gasteiger charge is -2.40. The quantitative estimate of drug-likeness (QED) is 0.159. The van der Waals surface area contributed by atoms with Gasteiger partial charge in [-0.15, -0.1) is 0 Å². The molecule has 2 heterocycles. The van der Waals surface area contributed by atoms with Crippen LogP contribution >= 0.6 is 0 Å². The summed E-state index contributed by atoms with van der Waals surface area (Å²) >= 11 is 0. The third kappa shape index (κ3) is 9.06. The molecular formula is C32H32F9N5O4. The molecule has 0 saturated heterocycles. The Morgan fingerprint density at radius 1 is 0.960 bits per heavy atom. The number of carbonyl (C=O) groups is 2. The number of rotatable bonds is 10. The van der Waals surface area contributed by atoms with Gasteiger partial charge in [0.1, 0.15) is 0 Å². The first-order chi connectivity index (χ1) is 23.2. The number of halogens is 9. The zero-order valence-corrected chi connectivity index (χ0v) is 26.8. The van der Waals surface area contributed by atoms with Gasteiger partial charge in [-0.25, -0.2) is 14.8 Å². The fourth-order valence-electron chi connectivity index (χ4n) is 5.57. The van der Waals surface area contributed by atoms with Gasteiger partial charge in [-0.3, -0.25) is 9.69 Å². The maximum Gasteiger partial charge on any atom is 0.416 e. The van der Waals surface area contributed by atoms with Crippen LogP contribution in [-0.4, -0.2) is 53.9 Å². The number of carbonyl (C=O) groups excluding carboxylic acids is 1. The van der Waals surface area contributed by atoms with Crippen LogP contribution in [0.2, 0.25) is 0 Å². The number of alkyl halides is 9. The fraction of sp³-hybridized carbons (Fsp3) is 0.438. The molecule has 0 spiro atoms. The van der Waals surface area contributed by atoms with Crippen molar-refractivity contribution in [2.75, 3.05) is 35.8 Å². The van der Waals surface area contributed by atoms with Gasteiger partial charge in [-0.1, -0.05) is 6.92 Å². The van der Waals surface area contributed by atoms with Crippen molar-refractivity contribution < 1.29 is 58.9 Å². The van der Waals surface area contributed by atoms with Crippen LogP contribution in [0, 0.1) is 0 Å². The highest BCUT2D eigenvalue weighted by Crippen LogP contribution is 2.43. The number of benzene rings is 2. The van der Waals surface area contributed by atoms with E-state index in [1.54, 1.807) is 21.0 Å². The summed E-state index contributed by atoms with van der Waals surface area (Å²) in [6.45, 7) is 1.48. The molecule has 3 aromatic rings. The number of nitrogens with one attached hydrogen (secondary N) is 1. The van der Waals surface area contributed by atoms with Crippen molar-refractivity contribution in [2.45, 2.75) is 69.6 Å². The smallest absolute Gasteiger partial charge is 0.416 e. The summed E-state index contributed by atoms with van der Waals surface area (Å²) in [7, 11) is 3.11. The average Bonchev–Trinajstić information content (AvgIpc) is 3.01. The molecule has 1 aliphatic heterocycles. The second kappa shape index (κ2) is 14.6. The molecule has 1 amide bonds. The van der Waals surface area contributed by atoms with E-state index in [1.807, 2.05) is 0 Å². The molecule has 272 valence electrons. The third-order valence-corrected chi connectivity index (χ3v) is 7.94. The largest absolute Gasteiger partial charge is 0.481 e. The maximum atomic E-state index is 13.8. The van der Waals surface area contributed by atoms with Gasteiger partial charge in [0, 0.05) is 33.0 Å². The van der Waals surface area contributed by atoms with Crippen LogP contribution in [0.3, 0.4) is 0 Å². The zero-order valence-electron chi connectivity index (χ0n) is 26.8. The van der Waals surface area contributed by atoms with Gasteiger partial charge in [0.25, 0.3) is 0 Å². The van der Waals surface area contributed by atoms with Crippen LogP contribution in [0.15, 0.2) is 42.6 Å². The number of carboxylic acids is 1. The van der Waals surface area contributed by atoms with E-state index in [0.29, 0.717) is 18.6 Å². The van der Waals surface area contributed by atoms with Crippen LogP contribution in [0.4, 0.5) is 61.6 Å². The van der Waals surface area contributed by atoms with Gasteiger partial charge in [-0.05, 0) is 66.8 Å². The minimum Gasteiger partial charge on any atom is -0.481 e. The summed E-state index contributed by atoms with van der Waals surface area (Å²) in [5.74, 6) is -1.28. The van der Waals surface area contributed by atoms with Crippen LogP contribution in [0.5, 0.6) is 0 Å². The van der Waals surface area contributed by atoms with Crippen molar-refractivity contribution in [1.29, 1.82) is 0 Å². The van der Waals surface area contributed by atoms with Gasteiger partial charge >= 0.3 is 30.6 Å². The molecule has 18 heteroatoms. The molecule has 1 aliphatic rings. The molecule has 2 aromatic carbocycles. The van der Waals surface area contributed by atoms with Gasteiger partial charge in [0.15, 0.2) is 0 Å². The van der Waals surface area contributed by atoms with Gasteiger partial charge in [-0.2, -0.15) is 39.5 Å². The molecule has 0 saturated carbocycles. The minimum absolute atomic E-state index is 0.0103. The monoisotopic (exact) mass is 721 g/mol. The number of carboxylic acid groups (broad SMARTS) is 1. The first-order valence-electron chi connectivity index (χ1n) is 15.2. The van der Waals surface area contributed by atoms with E-state index in [-0.39, 0.29) is 66.1 Å². The number of amides is 1. The van der Waals surface area contributed by atoms with Crippen LogP contribution in [0.1, 0.15) is 72.2 Å². The Balaban J connectivity index is 1.74. The molecule has 0 aliphatic carbocycles. The Morgan fingerprint density at radius 3 is 2.12 bits per heavy atom. The molecule has 2 N–H and O–H groups in total. The van der Waals surface area contributed by atoms with Crippen molar-refractivity contribution in [3.63, 3.8) is 0 Å². The summed E-state index contributed by atoms with van der Waals surface area (Å²) in [6, 6.07) is 2.36. The van der Waals surface area contributed by atoms with Gasteiger partial charge in [0.2, 0.25) is 5.95 Å². The first-order valence-corrected chi connectivity index (χ1v) is 15.2. The van der Waals surface area contributed by atoms with Crippen molar-refractivity contribution in [3.8, 4) is 0 Å². The van der Waals surface area contributed by atoms with E-state index in [2.05, 4.69) is 15.3 Å². The second-order valence-electron chi connectivity index (χ2n) is 11.8. The van der Waals surface area contributed by atoms with Gasteiger partial charge in [0.05, 0.1) is 52.6 Å². The molecule has 0 fully saturated rings. The number of anilines is 3. The van der Waals surface area contributed by atoms with Gasteiger partial charge < -0.3 is 20.1 Å². The van der Waals surface area contributed by atoms with Crippen molar-refractivity contribution >= 4 is 29.4 Å². The van der Waals surface area contributed by atoms with E-state index < -0.39 is 65.8 Å². The number of hydrogen-bond donors (Lipinski definition) is 2. The third-order valence-electron chi connectivity index (χ3n) is 7.94. The van der Waals surface area contributed by atoms with Crippen LogP contribution in [0.25, 0.3) is 0 Å². The Kier molecular flexibility index (Phi) is 11.1. The Bertz CT molecular complexity index is 1680. The van der Waals surface area contributed by atoms with Crippen molar-refractivity contribution in [1.82, 2.24) is 9.97 Å². The fourth-order valence-corrected chi connectivity index (χ4v) is 5.57. The lowest BCUT2D eigenvalue weighted by Crippen LogP contribution is -2.46. The molecule has 0 bridgehead atoms. The number of ether oxygens (including phenoxy) is 1. The minimum atomic E-state index is -5.07.